The Morgan fingerprint density at radius 3 is 2.50 bits per heavy atom. The van der Waals surface area contributed by atoms with Gasteiger partial charge in [0, 0.05) is 10.1 Å². The normalized spacial score (nSPS) is 12.9. The maximum absolute atomic E-state index is 13.3. The molecule has 1 atom stereocenters. The molecule has 0 saturated carbocycles. The molecular weight excluding hydrogens is 399 g/mol. The summed E-state index contributed by atoms with van der Waals surface area (Å²) < 4.78 is 36.5. The van der Waals surface area contributed by atoms with Crippen molar-refractivity contribution >= 4 is 49.0 Å². The minimum absolute atomic E-state index is 0.00523. The van der Waals surface area contributed by atoms with Gasteiger partial charge in [0.05, 0.1) is 16.0 Å². The number of hydrogen-bond acceptors (Lipinski definition) is 4. The van der Waals surface area contributed by atoms with Crippen molar-refractivity contribution in [3.8, 4) is 0 Å². The first-order valence-corrected chi connectivity index (χ1v) is 10.2. The van der Waals surface area contributed by atoms with Crippen LogP contribution < -0.4 is 10.5 Å². The number of halogens is 2. The zero-order valence-corrected chi connectivity index (χ0v) is 15.9. The van der Waals surface area contributed by atoms with Crippen molar-refractivity contribution in [3.05, 3.63) is 63.7 Å². The molecule has 9 heteroatoms. The number of benzene rings is 2. The Balaban J connectivity index is 1.82. The van der Waals surface area contributed by atoms with Crippen LogP contribution in [-0.2, 0) is 10.0 Å². The molecule has 0 fully saturated rings. The van der Waals surface area contributed by atoms with Crippen LogP contribution in [0.25, 0.3) is 10.1 Å². The van der Waals surface area contributed by atoms with E-state index in [1.807, 2.05) is 0 Å². The van der Waals surface area contributed by atoms with Gasteiger partial charge in [-0.25, -0.2) is 17.9 Å². The molecule has 1 amide bonds. The Kier molecular flexibility index (Phi) is 5.03. The molecule has 2 aromatic carbocycles. The van der Waals surface area contributed by atoms with E-state index in [1.165, 1.54) is 30.3 Å². The first-order valence-electron chi connectivity index (χ1n) is 7.48. The number of nitrogens with one attached hydrogen (secondary N) is 1. The highest BCUT2D eigenvalue weighted by Gasteiger charge is 2.20. The smallest absolute Gasteiger partial charge is 0.263 e. The van der Waals surface area contributed by atoms with Crippen LogP contribution in [0.5, 0.6) is 0 Å². The number of carbonyl (C=O) groups excluding carboxylic acids is 1. The molecule has 5 nitrogen and oxygen atoms in total. The molecule has 1 heterocycles. The largest absolute Gasteiger partial charge is 0.345 e. The molecular formula is C17H14ClFN2O3S2. The van der Waals surface area contributed by atoms with Crippen molar-refractivity contribution in [2.24, 2.45) is 5.14 Å². The minimum atomic E-state index is -3.77. The summed E-state index contributed by atoms with van der Waals surface area (Å²) in [7, 11) is -3.77. The SMILES string of the molecule is CC(NC(=O)c1sc2cc(F)ccc2c1Cl)c1ccc(S(N)(=O)=O)cc1. The monoisotopic (exact) mass is 412 g/mol. The standard InChI is InChI=1S/C17H14ClFN2O3S2/c1-9(10-2-5-12(6-3-10)26(20,23)24)21-17(22)16-15(18)13-7-4-11(19)8-14(13)25-16/h2-9H,1H3,(H,21,22)(H2,20,23,24). The molecule has 0 saturated heterocycles. The zero-order chi connectivity index (χ0) is 19.1. The van der Waals surface area contributed by atoms with E-state index in [4.69, 9.17) is 16.7 Å². The van der Waals surface area contributed by atoms with Gasteiger partial charge in [0.25, 0.3) is 5.91 Å². The molecule has 26 heavy (non-hydrogen) atoms. The van der Waals surface area contributed by atoms with Gasteiger partial charge in [-0.05, 0) is 42.8 Å². The second-order valence-electron chi connectivity index (χ2n) is 5.69. The molecule has 3 N–H and O–H groups in total. The summed E-state index contributed by atoms with van der Waals surface area (Å²) in [5, 5.41) is 8.76. The maximum atomic E-state index is 13.3. The van der Waals surface area contributed by atoms with Crippen LogP contribution in [-0.4, -0.2) is 14.3 Å². The van der Waals surface area contributed by atoms with E-state index in [-0.39, 0.29) is 15.8 Å². The molecule has 0 radical (unpaired) electrons. The van der Waals surface area contributed by atoms with Crippen molar-refractivity contribution in [1.82, 2.24) is 5.32 Å². The summed E-state index contributed by atoms with van der Waals surface area (Å²) >= 11 is 7.36. The van der Waals surface area contributed by atoms with Gasteiger partial charge in [-0.2, -0.15) is 0 Å². The summed E-state index contributed by atoms with van der Waals surface area (Å²) in [4.78, 5) is 12.8. The summed E-state index contributed by atoms with van der Waals surface area (Å²) in [6.45, 7) is 1.75. The number of primary sulfonamides is 1. The Morgan fingerprint density at radius 2 is 1.88 bits per heavy atom. The van der Waals surface area contributed by atoms with Gasteiger partial charge in [0.15, 0.2) is 0 Å². The van der Waals surface area contributed by atoms with Crippen molar-refractivity contribution in [3.63, 3.8) is 0 Å². The summed E-state index contributed by atoms with van der Waals surface area (Å²) in [6.07, 6.45) is 0. The van der Waals surface area contributed by atoms with Crippen molar-refractivity contribution in [1.29, 1.82) is 0 Å². The number of rotatable bonds is 4. The molecule has 136 valence electrons. The van der Waals surface area contributed by atoms with Crippen LogP contribution in [0, 0.1) is 5.82 Å². The van der Waals surface area contributed by atoms with Crippen LogP contribution in [0.2, 0.25) is 5.02 Å². The quantitative estimate of drug-likeness (QED) is 0.682. The van der Waals surface area contributed by atoms with E-state index in [1.54, 1.807) is 19.1 Å². The van der Waals surface area contributed by atoms with Gasteiger partial charge in [0.2, 0.25) is 10.0 Å². The van der Waals surface area contributed by atoms with Crippen LogP contribution in [0.15, 0.2) is 47.4 Å². The predicted molar refractivity (Wildman–Crippen MR) is 100 cm³/mol. The number of amides is 1. The second kappa shape index (κ2) is 6.96. The van der Waals surface area contributed by atoms with E-state index in [0.717, 1.165) is 11.3 Å². The van der Waals surface area contributed by atoms with E-state index < -0.39 is 21.9 Å². The average molecular weight is 413 g/mol. The molecule has 1 aromatic heterocycles. The Labute approximate surface area is 158 Å². The van der Waals surface area contributed by atoms with Crippen molar-refractivity contribution in [2.75, 3.05) is 0 Å². The zero-order valence-electron chi connectivity index (χ0n) is 13.5. The van der Waals surface area contributed by atoms with Crippen molar-refractivity contribution in [2.45, 2.75) is 17.9 Å². The van der Waals surface area contributed by atoms with E-state index in [0.29, 0.717) is 20.5 Å². The fourth-order valence-electron chi connectivity index (χ4n) is 2.48. The highest BCUT2D eigenvalue weighted by molar-refractivity contribution is 7.89. The number of carbonyl (C=O) groups is 1. The van der Waals surface area contributed by atoms with Gasteiger partial charge in [-0.1, -0.05) is 23.7 Å². The van der Waals surface area contributed by atoms with E-state index >= 15 is 0 Å². The fraction of sp³-hybridized carbons (Fsp3) is 0.118. The number of nitrogens with two attached hydrogens (primary N) is 1. The molecule has 3 rings (SSSR count). The average Bonchev–Trinajstić information content (AvgIpc) is 2.90. The highest BCUT2D eigenvalue weighted by atomic mass is 35.5. The third-order valence-electron chi connectivity index (χ3n) is 3.85. The van der Waals surface area contributed by atoms with Crippen LogP contribution in [0.1, 0.15) is 28.2 Å². The maximum Gasteiger partial charge on any atom is 0.263 e. The molecule has 0 aliphatic carbocycles. The van der Waals surface area contributed by atoms with E-state index in [2.05, 4.69) is 5.32 Å². The van der Waals surface area contributed by atoms with Crippen LogP contribution in [0.4, 0.5) is 4.39 Å². The fourth-order valence-corrected chi connectivity index (χ4v) is 4.44. The molecule has 0 spiro atoms. The van der Waals surface area contributed by atoms with Crippen LogP contribution in [0.3, 0.4) is 0 Å². The number of hydrogen-bond donors (Lipinski definition) is 2. The Morgan fingerprint density at radius 1 is 1.23 bits per heavy atom. The minimum Gasteiger partial charge on any atom is -0.345 e. The lowest BCUT2D eigenvalue weighted by Gasteiger charge is -2.14. The number of sulfonamides is 1. The predicted octanol–water partition coefficient (Wildman–Crippen LogP) is 3.83. The molecule has 1 unspecified atom stereocenters. The van der Waals surface area contributed by atoms with Crippen LogP contribution >= 0.6 is 22.9 Å². The summed E-state index contributed by atoms with van der Waals surface area (Å²) in [5.41, 5.74) is 0.703. The third-order valence-corrected chi connectivity index (χ3v) is 6.44. The summed E-state index contributed by atoms with van der Waals surface area (Å²) in [5.74, 6) is -0.787. The first kappa shape index (κ1) is 18.8. The second-order valence-corrected chi connectivity index (χ2v) is 8.69. The lowest BCUT2D eigenvalue weighted by molar-refractivity contribution is 0.0944. The molecule has 0 aliphatic rings. The topological polar surface area (TPSA) is 89.3 Å². The Hall–Kier alpha value is -2.00. The van der Waals surface area contributed by atoms with Gasteiger partial charge >= 0.3 is 0 Å². The first-order chi connectivity index (χ1) is 12.2. The van der Waals surface area contributed by atoms with Gasteiger partial charge < -0.3 is 5.32 Å². The van der Waals surface area contributed by atoms with Gasteiger partial charge in [0.1, 0.15) is 10.7 Å². The number of fused-ring (bicyclic) bond motifs is 1. The molecule has 0 bridgehead atoms. The lowest BCUT2D eigenvalue weighted by Crippen LogP contribution is -2.26. The highest BCUT2D eigenvalue weighted by Crippen LogP contribution is 2.36. The lowest BCUT2D eigenvalue weighted by atomic mass is 10.1. The van der Waals surface area contributed by atoms with E-state index in [9.17, 15) is 17.6 Å². The van der Waals surface area contributed by atoms with Gasteiger partial charge in [-0.3, -0.25) is 4.79 Å². The molecule has 3 aromatic rings. The van der Waals surface area contributed by atoms with Crippen molar-refractivity contribution < 1.29 is 17.6 Å². The Bertz CT molecular complexity index is 1100. The molecule has 0 aliphatic heterocycles. The summed E-state index contributed by atoms with van der Waals surface area (Å²) in [6, 6.07) is 9.67. The number of thiophene rings is 1. The van der Waals surface area contributed by atoms with Gasteiger partial charge in [-0.15, -0.1) is 11.3 Å². The third kappa shape index (κ3) is 3.73.